The summed E-state index contributed by atoms with van der Waals surface area (Å²) in [5.74, 6) is 0. The van der Waals surface area contributed by atoms with Gasteiger partial charge >= 0.3 is 6.85 Å². The predicted molar refractivity (Wildman–Crippen MR) is 341 cm³/mol. The number of aromatic nitrogens is 2. The van der Waals surface area contributed by atoms with E-state index in [1.165, 1.54) is 159 Å². The van der Waals surface area contributed by atoms with Crippen LogP contribution < -0.4 is 15.7 Å². The molecule has 0 radical (unpaired) electrons. The minimum atomic E-state index is -0.160. The van der Waals surface area contributed by atoms with Gasteiger partial charge in [-0.2, -0.15) is 0 Å². The van der Waals surface area contributed by atoms with Crippen molar-refractivity contribution in [3.8, 4) is 33.8 Å². The molecule has 0 amide bonds. The third-order valence-electron chi connectivity index (χ3n) is 18.6. The number of hydrogen-bond donors (Lipinski definition) is 0. The summed E-state index contributed by atoms with van der Waals surface area (Å²) in [6.07, 6.45) is 2.39. The summed E-state index contributed by atoms with van der Waals surface area (Å²) in [5, 5.41) is 9.39. The molecule has 0 fully saturated rings. The topological polar surface area (TPSA) is 13.1 Å². The highest BCUT2D eigenvalue weighted by Gasteiger charge is 2.47. The van der Waals surface area contributed by atoms with Gasteiger partial charge in [0.25, 0.3) is 0 Å². The molecule has 0 bridgehead atoms. The van der Waals surface area contributed by atoms with Crippen molar-refractivity contribution in [2.24, 2.45) is 0 Å². The van der Waals surface area contributed by atoms with E-state index in [-0.39, 0.29) is 28.5 Å². The first-order chi connectivity index (χ1) is 37.4. The van der Waals surface area contributed by atoms with Crippen molar-refractivity contribution < 1.29 is 0 Å². The molecule has 3 aliphatic rings. The summed E-state index contributed by atoms with van der Waals surface area (Å²) in [5.41, 5.74) is 22.4. The number of rotatable bonds is 3. The van der Waals surface area contributed by atoms with Crippen LogP contribution in [0.3, 0.4) is 0 Å². The van der Waals surface area contributed by atoms with E-state index in [9.17, 15) is 0 Å². The predicted octanol–water partition coefficient (Wildman–Crippen LogP) is 19.3. The fraction of sp³-hybridized carbons (Fsp3) is 0.222. The number of anilines is 2. The lowest BCUT2D eigenvalue weighted by atomic mass is 9.43. The van der Waals surface area contributed by atoms with Gasteiger partial charge < -0.3 is 13.9 Å². The fourth-order valence-electron chi connectivity index (χ4n) is 14.4. The molecular formula is C72H62BN3S2. The molecule has 0 unspecified atom stereocenters. The summed E-state index contributed by atoms with van der Waals surface area (Å²) in [6, 6.07) is 66.3. The molecule has 2 aliphatic heterocycles. The van der Waals surface area contributed by atoms with Crippen LogP contribution in [-0.2, 0) is 21.7 Å². The van der Waals surface area contributed by atoms with Crippen LogP contribution in [0.5, 0.6) is 0 Å². The maximum absolute atomic E-state index is 2.77. The van der Waals surface area contributed by atoms with E-state index in [0.29, 0.717) is 0 Å². The lowest BCUT2D eigenvalue weighted by Gasteiger charge is -2.42. The molecule has 16 rings (SSSR count). The van der Waals surface area contributed by atoms with Crippen molar-refractivity contribution >= 4 is 125 Å². The second-order valence-corrected chi connectivity index (χ2v) is 28.5. The molecule has 380 valence electrons. The van der Waals surface area contributed by atoms with Gasteiger partial charge in [-0.15, -0.1) is 22.7 Å². The molecule has 0 saturated carbocycles. The Morgan fingerprint density at radius 1 is 0.487 bits per heavy atom. The van der Waals surface area contributed by atoms with Crippen LogP contribution in [0.15, 0.2) is 170 Å². The second kappa shape index (κ2) is 15.7. The first kappa shape index (κ1) is 46.7. The number of benzene rings is 9. The zero-order chi connectivity index (χ0) is 53.1. The maximum Gasteiger partial charge on any atom is 0.333 e. The highest BCUT2D eigenvalue weighted by molar-refractivity contribution is 7.27. The highest BCUT2D eigenvalue weighted by Crippen LogP contribution is 2.56. The molecule has 0 spiro atoms. The van der Waals surface area contributed by atoms with Crippen molar-refractivity contribution in [3.63, 3.8) is 0 Å². The van der Waals surface area contributed by atoms with E-state index in [1.54, 1.807) is 0 Å². The first-order valence-corrected chi connectivity index (χ1v) is 29.8. The second-order valence-electron chi connectivity index (χ2n) is 26.4. The molecule has 9 aromatic carbocycles. The van der Waals surface area contributed by atoms with E-state index in [2.05, 4.69) is 253 Å². The SMILES string of the molecule is CC(C)(C)c1ccc(N2B3c4cc5cc(-c6ccccc6)n(-c6ccccc6)c5cc4-n4c5ccc(C(C)(C)C)cc5c5c6sc7ccccc7c6c(c3c54)-c3cc4sc5cc6c(cc5c4cc32)C(C)(C)CCC6(C)C)cc1. The molecule has 4 aromatic heterocycles. The van der Waals surface area contributed by atoms with Crippen LogP contribution in [-0.4, -0.2) is 16.0 Å². The Bertz CT molecular complexity index is 4740. The van der Waals surface area contributed by atoms with Gasteiger partial charge in [0.05, 0.1) is 22.2 Å². The Labute approximate surface area is 465 Å². The number of nitrogens with zero attached hydrogens (tertiary/aromatic N) is 3. The first-order valence-electron chi connectivity index (χ1n) is 28.1. The molecule has 6 heteroatoms. The van der Waals surface area contributed by atoms with E-state index < -0.39 is 0 Å². The molecule has 3 nitrogen and oxygen atoms in total. The minimum Gasteiger partial charge on any atom is -0.376 e. The largest absolute Gasteiger partial charge is 0.376 e. The van der Waals surface area contributed by atoms with Crippen LogP contribution in [0.4, 0.5) is 11.4 Å². The lowest BCUT2D eigenvalue weighted by Crippen LogP contribution is -2.60. The third kappa shape index (κ3) is 6.39. The van der Waals surface area contributed by atoms with Gasteiger partial charge in [-0.1, -0.05) is 160 Å². The molecule has 78 heavy (non-hydrogen) atoms. The van der Waals surface area contributed by atoms with Crippen LogP contribution in [0, 0.1) is 0 Å². The Morgan fingerprint density at radius 3 is 1.87 bits per heavy atom. The Hall–Kier alpha value is -7.38. The average molecular weight is 1040 g/mol. The van der Waals surface area contributed by atoms with Crippen molar-refractivity contribution in [1.82, 2.24) is 9.13 Å². The van der Waals surface area contributed by atoms with Gasteiger partial charge in [-0.3, -0.25) is 0 Å². The van der Waals surface area contributed by atoms with E-state index >= 15 is 0 Å². The summed E-state index contributed by atoms with van der Waals surface area (Å²) in [6.45, 7) is 23.8. The molecule has 0 saturated heterocycles. The number of para-hydroxylation sites is 1. The van der Waals surface area contributed by atoms with Crippen molar-refractivity contribution in [1.29, 1.82) is 0 Å². The Kier molecular flexibility index (Phi) is 9.39. The molecular weight excluding hydrogens is 982 g/mol. The van der Waals surface area contributed by atoms with Gasteiger partial charge in [0.1, 0.15) is 0 Å². The van der Waals surface area contributed by atoms with Crippen molar-refractivity contribution in [2.45, 2.75) is 104 Å². The van der Waals surface area contributed by atoms with Crippen molar-refractivity contribution in [2.75, 3.05) is 4.81 Å². The summed E-state index contributed by atoms with van der Waals surface area (Å²) in [7, 11) is 0. The standard InChI is InChI=1S/C72H62BN3S2/c1-69(2,3)43-25-28-46(29-26-43)76-58-37-49-48-36-52-53(72(9,10)32-31-71(52,7)8)39-62(48)77-61(49)38-51(58)63-64-47-23-17-18-24-60(47)78-68(64)65-50-35-44(70(4,5)6)27-30-55(50)75-59-40-57-42(33-54(59)73(76)66(63)67(65)75)34-56(41-19-13-11-14-20-41)74(57)45-21-15-12-16-22-45/h11-30,33-40H,31-32H2,1-10H3. The zero-order valence-electron chi connectivity index (χ0n) is 46.3. The minimum absolute atomic E-state index is 0.00418. The van der Waals surface area contributed by atoms with Crippen LogP contribution in [0.1, 0.15) is 104 Å². The smallest absolute Gasteiger partial charge is 0.333 e. The number of fused-ring (bicyclic) bond motifs is 18. The van der Waals surface area contributed by atoms with Gasteiger partial charge in [0.15, 0.2) is 0 Å². The van der Waals surface area contributed by atoms with E-state index in [1.807, 2.05) is 22.7 Å². The normalized spacial score (nSPS) is 15.6. The summed E-state index contributed by atoms with van der Waals surface area (Å²) >= 11 is 3.97. The zero-order valence-corrected chi connectivity index (χ0v) is 47.9. The molecule has 13 aromatic rings. The van der Waals surface area contributed by atoms with E-state index in [0.717, 1.165) is 5.69 Å². The van der Waals surface area contributed by atoms with Crippen molar-refractivity contribution in [3.05, 3.63) is 192 Å². The fourth-order valence-corrected chi connectivity index (χ4v) is 16.8. The molecule has 0 atom stereocenters. The van der Waals surface area contributed by atoms with Gasteiger partial charge in [0, 0.05) is 84.8 Å². The van der Waals surface area contributed by atoms with Crippen LogP contribution in [0.2, 0.25) is 0 Å². The Morgan fingerprint density at radius 2 is 1.14 bits per heavy atom. The molecule has 1 aliphatic carbocycles. The van der Waals surface area contributed by atoms with Gasteiger partial charge in [-0.05, 0) is 158 Å². The average Bonchev–Trinajstić information content (AvgIpc) is 3.70. The van der Waals surface area contributed by atoms with Gasteiger partial charge in [-0.25, -0.2) is 0 Å². The number of thiophene rings is 2. The maximum atomic E-state index is 2.77. The summed E-state index contributed by atoms with van der Waals surface area (Å²) in [4.78, 5) is 2.77. The highest BCUT2D eigenvalue weighted by atomic mass is 32.1. The Balaban J connectivity index is 1.11. The molecule has 6 heterocycles. The van der Waals surface area contributed by atoms with E-state index in [4.69, 9.17) is 0 Å². The van der Waals surface area contributed by atoms with Crippen LogP contribution in [0.25, 0.3) is 107 Å². The molecule has 0 N–H and O–H groups in total. The summed E-state index contributed by atoms with van der Waals surface area (Å²) < 4.78 is 10.7. The number of hydrogen-bond acceptors (Lipinski definition) is 3. The van der Waals surface area contributed by atoms with Gasteiger partial charge in [0.2, 0.25) is 0 Å². The van der Waals surface area contributed by atoms with Crippen LogP contribution >= 0.6 is 22.7 Å². The quantitative estimate of drug-likeness (QED) is 0.161. The lowest BCUT2D eigenvalue weighted by molar-refractivity contribution is 0.332. The third-order valence-corrected chi connectivity index (χ3v) is 20.9. The monoisotopic (exact) mass is 1040 g/mol.